The van der Waals surface area contributed by atoms with Crippen LogP contribution in [-0.4, -0.2) is 58.8 Å². The molecule has 3 aliphatic heterocycles. The van der Waals surface area contributed by atoms with Crippen LogP contribution in [0.3, 0.4) is 0 Å². The molecule has 0 aromatic heterocycles. The van der Waals surface area contributed by atoms with E-state index >= 15 is 0 Å². The Morgan fingerprint density at radius 1 is 1.24 bits per heavy atom. The smallest absolute Gasteiger partial charge is 0.258 e. The number of hydrogen-bond donors (Lipinski definition) is 0. The van der Waals surface area contributed by atoms with E-state index in [1.165, 1.54) is 38.8 Å². The van der Waals surface area contributed by atoms with Crippen LogP contribution in [0.25, 0.3) is 0 Å². The highest BCUT2D eigenvalue weighted by molar-refractivity contribution is 8.14. The maximum absolute atomic E-state index is 11.2. The number of thioether (sulfide) groups is 1. The third kappa shape index (κ3) is 2.50. The van der Waals surface area contributed by atoms with Gasteiger partial charge in [0.1, 0.15) is 0 Å². The Hall–Kier alpha value is -0.550. The second kappa shape index (κ2) is 4.98. The van der Waals surface area contributed by atoms with Gasteiger partial charge in [-0.2, -0.15) is 4.99 Å². The monoisotopic (exact) mass is 253 g/mol. The summed E-state index contributed by atoms with van der Waals surface area (Å²) in [5.74, 6) is 0.583. The Labute approximate surface area is 106 Å². The van der Waals surface area contributed by atoms with E-state index in [2.05, 4.69) is 14.8 Å². The van der Waals surface area contributed by atoms with Gasteiger partial charge in [-0.1, -0.05) is 11.8 Å². The van der Waals surface area contributed by atoms with Crippen molar-refractivity contribution < 1.29 is 4.79 Å². The number of nitrogens with zero attached hydrogens (tertiary/aromatic N) is 3. The minimum atomic E-state index is 0.0387. The SMILES string of the molecule is O=C1CSC(N2CCCC2CN2CCCC2)=N1. The van der Waals surface area contributed by atoms with Crippen LogP contribution in [0.4, 0.5) is 0 Å². The predicted molar refractivity (Wildman–Crippen MR) is 70.3 cm³/mol. The molecule has 0 aliphatic carbocycles. The van der Waals surface area contributed by atoms with E-state index in [0.717, 1.165) is 18.3 Å². The Bertz CT molecular complexity index is 339. The summed E-state index contributed by atoms with van der Waals surface area (Å²) in [7, 11) is 0. The van der Waals surface area contributed by atoms with Crippen LogP contribution in [-0.2, 0) is 4.79 Å². The third-order valence-corrected chi connectivity index (χ3v) is 4.81. The average Bonchev–Trinajstić information content (AvgIpc) is 2.99. The number of amidine groups is 1. The summed E-state index contributed by atoms with van der Waals surface area (Å²) in [6.45, 7) is 4.75. The molecule has 0 bridgehead atoms. The average molecular weight is 253 g/mol. The zero-order valence-corrected chi connectivity index (χ0v) is 10.9. The summed E-state index contributed by atoms with van der Waals surface area (Å²) in [6, 6.07) is 0.588. The van der Waals surface area contributed by atoms with Gasteiger partial charge in [0.25, 0.3) is 5.91 Å². The molecule has 3 aliphatic rings. The molecule has 0 spiro atoms. The van der Waals surface area contributed by atoms with Gasteiger partial charge in [0, 0.05) is 19.1 Å². The number of carbonyl (C=O) groups excluding carboxylic acids is 1. The first-order valence-electron chi connectivity index (χ1n) is 6.56. The normalized spacial score (nSPS) is 30.4. The summed E-state index contributed by atoms with van der Waals surface area (Å²) >= 11 is 1.62. The van der Waals surface area contributed by atoms with E-state index in [1.54, 1.807) is 11.8 Å². The van der Waals surface area contributed by atoms with Crippen molar-refractivity contribution in [2.75, 3.05) is 31.9 Å². The van der Waals surface area contributed by atoms with E-state index in [9.17, 15) is 4.79 Å². The highest BCUT2D eigenvalue weighted by Gasteiger charge is 2.32. The van der Waals surface area contributed by atoms with Gasteiger partial charge in [0.05, 0.1) is 5.75 Å². The molecular weight excluding hydrogens is 234 g/mol. The van der Waals surface area contributed by atoms with Crippen LogP contribution in [0.15, 0.2) is 4.99 Å². The van der Waals surface area contributed by atoms with E-state index < -0.39 is 0 Å². The maximum atomic E-state index is 11.2. The molecule has 94 valence electrons. The fourth-order valence-electron chi connectivity index (χ4n) is 2.99. The highest BCUT2D eigenvalue weighted by atomic mass is 32.2. The first-order valence-corrected chi connectivity index (χ1v) is 7.55. The second-order valence-electron chi connectivity index (χ2n) is 5.07. The van der Waals surface area contributed by atoms with E-state index in [1.807, 2.05) is 0 Å². The van der Waals surface area contributed by atoms with Crippen molar-refractivity contribution in [2.45, 2.75) is 31.7 Å². The van der Waals surface area contributed by atoms with Crippen molar-refractivity contribution >= 4 is 22.8 Å². The Morgan fingerprint density at radius 2 is 2.06 bits per heavy atom. The van der Waals surface area contributed by atoms with Gasteiger partial charge in [0.2, 0.25) is 0 Å². The first kappa shape index (κ1) is 11.5. The Balaban J connectivity index is 1.63. The van der Waals surface area contributed by atoms with E-state index in [4.69, 9.17) is 0 Å². The number of aliphatic imine (C=N–C) groups is 1. The molecule has 2 fully saturated rings. The zero-order valence-electron chi connectivity index (χ0n) is 10.1. The zero-order chi connectivity index (χ0) is 11.7. The van der Waals surface area contributed by atoms with Gasteiger partial charge >= 0.3 is 0 Å². The fraction of sp³-hybridized carbons (Fsp3) is 0.833. The molecule has 4 nitrogen and oxygen atoms in total. The minimum absolute atomic E-state index is 0.0387. The Morgan fingerprint density at radius 3 is 2.76 bits per heavy atom. The third-order valence-electron chi connectivity index (χ3n) is 3.84. The predicted octanol–water partition coefficient (Wildman–Crippen LogP) is 1.18. The molecule has 1 atom stereocenters. The molecule has 3 rings (SSSR count). The summed E-state index contributed by atoms with van der Waals surface area (Å²) in [4.78, 5) is 20.3. The molecule has 2 saturated heterocycles. The highest BCUT2D eigenvalue weighted by Crippen LogP contribution is 2.26. The largest absolute Gasteiger partial charge is 0.347 e. The molecule has 0 saturated carbocycles. The van der Waals surface area contributed by atoms with Crippen molar-refractivity contribution in [1.29, 1.82) is 0 Å². The lowest BCUT2D eigenvalue weighted by atomic mass is 10.2. The summed E-state index contributed by atoms with van der Waals surface area (Å²) < 4.78 is 0. The van der Waals surface area contributed by atoms with Gasteiger partial charge in [-0.05, 0) is 38.8 Å². The lowest BCUT2D eigenvalue weighted by Gasteiger charge is -2.29. The fourth-order valence-corrected chi connectivity index (χ4v) is 3.87. The lowest BCUT2D eigenvalue weighted by molar-refractivity contribution is -0.115. The van der Waals surface area contributed by atoms with Crippen molar-refractivity contribution in [1.82, 2.24) is 9.80 Å². The van der Waals surface area contributed by atoms with Crippen molar-refractivity contribution in [3.8, 4) is 0 Å². The van der Waals surface area contributed by atoms with Crippen LogP contribution in [0.2, 0.25) is 0 Å². The molecule has 3 heterocycles. The summed E-state index contributed by atoms with van der Waals surface area (Å²) in [5.41, 5.74) is 0. The van der Waals surface area contributed by atoms with Crippen LogP contribution < -0.4 is 0 Å². The number of carbonyl (C=O) groups is 1. The van der Waals surface area contributed by atoms with Crippen LogP contribution in [0.1, 0.15) is 25.7 Å². The maximum Gasteiger partial charge on any atom is 0.258 e. The van der Waals surface area contributed by atoms with Crippen LogP contribution in [0.5, 0.6) is 0 Å². The van der Waals surface area contributed by atoms with Gasteiger partial charge in [-0.15, -0.1) is 0 Å². The topological polar surface area (TPSA) is 35.9 Å². The van der Waals surface area contributed by atoms with E-state index in [0.29, 0.717) is 11.8 Å². The molecule has 0 aromatic carbocycles. The first-order chi connectivity index (χ1) is 8.33. The standard InChI is InChI=1S/C12H19N3OS/c16-11-9-17-12(13-11)15-7-3-4-10(15)8-14-5-1-2-6-14/h10H,1-9H2. The summed E-state index contributed by atoms with van der Waals surface area (Å²) in [5, 5.41) is 0.983. The van der Waals surface area contributed by atoms with Crippen LogP contribution >= 0.6 is 11.8 Å². The molecule has 0 radical (unpaired) electrons. The Kier molecular flexibility index (Phi) is 3.38. The molecule has 1 unspecified atom stereocenters. The van der Waals surface area contributed by atoms with Gasteiger partial charge < -0.3 is 9.80 Å². The van der Waals surface area contributed by atoms with Crippen molar-refractivity contribution in [2.24, 2.45) is 4.99 Å². The molecule has 0 N–H and O–H groups in total. The quantitative estimate of drug-likeness (QED) is 0.740. The number of rotatable bonds is 2. The summed E-state index contributed by atoms with van der Waals surface area (Å²) in [6.07, 6.45) is 5.19. The molecular formula is C12H19N3OS. The molecule has 17 heavy (non-hydrogen) atoms. The number of hydrogen-bond acceptors (Lipinski definition) is 4. The van der Waals surface area contributed by atoms with Gasteiger partial charge in [0.15, 0.2) is 5.17 Å². The second-order valence-corrected chi connectivity index (χ2v) is 6.02. The van der Waals surface area contributed by atoms with Crippen LogP contribution in [0, 0.1) is 0 Å². The molecule has 5 heteroatoms. The minimum Gasteiger partial charge on any atom is -0.347 e. The van der Waals surface area contributed by atoms with E-state index in [-0.39, 0.29) is 5.91 Å². The molecule has 1 amide bonds. The van der Waals surface area contributed by atoms with Crippen molar-refractivity contribution in [3.05, 3.63) is 0 Å². The van der Waals surface area contributed by atoms with Gasteiger partial charge in [-0.25, -0.2) is 0 Å². The molecule has 0 aromatic rings. The van der Waals surface area contributed by atoms with Gasteiger partial charge in [-0.3, -0.25) is 4.79 Å². The number of likely N-dealkylation sites (tertiary alicyclic amines) is 2. The van der Waals surface area contributed by atoms with Crippen molar-refractivity contribution in [3.63, 3.8) is 0 Å². The lowest BCUT2D eigenvalue weighted by Crippen LogP contribution is -2.41. The number of amides is 1.